The lowest BCUT2D eigenvalue weighted by molar-refractivity contribution is 0.0482. The van der Waals surface area contributed by atoms with Gasteiger partial charge in [-0.3, -0.25) is 0 Å². The summed E-state index contributed by atoms with van der Waals surface area (Å²) < 4.78 is 0. The van der Waals surface area contributed by atoms with E-state index >= 15 is 0 Å². The van der Waals surface area contributed by atoms with Crippen LogP contribution < -0.4 is 5.32 Å². The Labute approximate surface area is 110 Å². The average molecular weight is 244 g/mol. The zero-order valence-electron chi connectivity index (χ0n) is 11.3. The van der Waals surface area contributed by atoms with Crippen LogP contribution in [0.1, 0.15) is 37.7 Å². The van der Waals surface area contributed by atoms with Crippen molar-refractivity contribution >= 4 is 0 Å². The van der Waals surface area contributed by atoms with Gasteiger partial charge >= 0.3 is 0 Å². The Morgan fingerprint density at radius 2 is 1.78 bits per heavy atom. The molecule has 1 N–H and O–H groups in total. The van der Waals surface area contributed by atoms with Crippen LogP contribution in [0.3, 0.4) is 0 Å². The van der Waals surface area contributed by atoms with Crippen LogP contribution in [0.2, 0.25) is 0 Å². The normalized spacial score (nSPS) is 32.4. The molecule has 2 bridgehead atoms. The number of hydrogen-bond acceptors (Lipinski definition) is 2. The fraction of sp³-hybridized carbons (Fsp3) is 0.625. The third kappa shape index (κ3) is 2.60. The molecule has 0 aromatic heterocycles. The van der Waals surface area contributed by atoms with Gasteiger partial charge in [-0.1, -0.05) is 36.8 Å². The van der Waals surface area contributed by atoms with Crippen molar-refractivity contribution in [3.05, 3.63) is 35.9 Å². The number of rotatable bonds is 3. The van der Waals surface area contributed by atoms with E-state index in [4.69, 9.17) is 0 Å². The van der Waals surface area contributed by atoms with Crippen molar-refractivity contribution in [3.8, 4) is 0 Å². The lowest BCUT2D eigenvalue weighted by Crippen LogP contribution is -2.54. The molecule has 1 aromatic carbocycles. The number of piperidine rings is 2. The molecule has 18 heavy (non-hydrogen) atoms. The van der Waals surface area contributed by atoms with Gasteiger partial charge in [0.1, 0.15) is 0 Å². The molecule has 3 rings (SSSR count). The van der Waals surface area contributed by atoms with Crippen LogP contribution >= 0.6 is 0 Å². The van der Waals surface area contributed by atoms with Gasteiger partial charge in [-0.2, -0.15) is 0 Å². The van der Waals surface area contributed by atoms with E-state index in [2.05, 4.69) is 47.6 Å². The van der Waals surface area contributed by atoms with Crippen LogP contribution in [0.5, 0.6) is 0 Å². The first-order valence-corrected chi connectivity index (χ1v) is 7.32. The highest BCUT2D eigenvalue weighted by atomic mass is 15.2. The van der Waals surface area contributed by atoms with Gasteiger partial charge in [0.05, 0.1) is 0 Å². The molecule has 0 amide bonds. The molecule has 2 unspecified atom stereocenters. The van der Waals surface area contributed by atoms with Crippen LogP contribution in [0.15, 0.2) is 30.3 Å². The van der Waals surface area contributed by atoms with Gasteiger partial charge in [-0.25, -0.2) is 0 Å². The van der Waals surface area contributed by atoms with E-state index in [9.17, 15) is 0 Å². The van der Waals surface area contributed by atoms with Crippen LogP contribution in [0.4, 0.5) is 0 Å². The summed E-state index contributed by atoms with van der Waals surface area (Å²) in [7, 11) is 2.32. The second-order valence-corrected chi connectivity index (χ2v) is 5.94. The smallest absolute Gasteiger partial charge is 0.0208 e. The van der Waals surface area contributed by atoms with E-state index in [1.165, 1.54) is 37.7 Å². The molecule has 0 spiro atoms. The summed E-state index contributed by atoms with van der Waals surface area (Å²) >= 11 is 0. The molecule has 2 saturated heterocycles. The highest BCUT2D eigenvalue weighted by molar-refractivity contribution is 5.14. The minimum Gasteiger partial charge on any atom is -0.310 e. The molecule has 1 aromatic rings. The van der Waals surface area contributed by atoms with Crippen molar-refractivity contribution in [3.63, 3.8) is 0 Å². The zero-order valence-corrected chi connectivity index (χ0v) is 11.3. The van der Waals surface area contributed by atoms with E-state index in [0.717, 1.165) is 24.7 Å². The lowest BCUT2D eigenvalue weighted by atomic mass is 9.82. The quantitative estimate of drug-likeness (QED) is 0.879. The molecule has 2 atom stereocenters. The van der Waals surface area contributed by atoms with E-state index in [-0.39, 0.29) is 0 Å². The minimum absolute atomic E-state index is 0.719. The topological polar surface area (TPSA) is 15.3 Å². The maximum absolute atomic E-state index is 3.76. The first-order chi connectivity index (χ1) is 8.83. The molecular weight excluding hydrogens is 220 g/mol. The van der Waals surface area contributed by atoms with Crippen molar-refractivity contribution in [2.45, 2.75) is 56.8 Å². The largest absolute Gasteiger partial charge is 0.310 e. The maximum Gasteiger partial charge on any atom is 0.0208 e. The molecule has 2 aliphatic rings. The van der Waals surface area contributed by atoms with Gasteiger partial charge in [0, 0.05) is 24.7 Å². The Hall–Kier alpha value is -0.860. The van der Waals surface area contributed by atoms with Crippen molar-refractivity contribution in [2.75, 3.05) is 7.05 Å². The van der Waals surface area contributed by atoms with Crippen molar-refractivity contribution in [1.29, 1.82) is 0 Å². The molecule has 0 saturated carbocycles. The first-order valence-electron chi connectivity index (χ1n) is 7.32. The van der Waals surface area contributed by atoms with Crippen molar-refractivity contribution in [1.82, 2.24) is 10.2 Å². The van der Waals surface area contributed by atoms with Crippen LogP contribution in [0.25, 0.3) is 0 Å². The standard InChI is InChI=1S/C16H24N2/c1-18-15-8-5-9-16(18)11-14(10-15)17-12-13-6-3-2-4-7-13/h2-4,6-7,14-17H,5,8-12H2,1H3. The van der Waals surface area contributed by atoms with Gasteiger partial charge in [0.2, 0.25) is 0 Å². The van der Waals surface area contributed by atoms with E-state index in [0.29, 0.717) is 0 Å². The number of hydrogen-bond donors (Lipinski definition) is 1. The van der Waals surface area contributed by atoms with Crippen LogP contribution in [-0.4, -0.2) is 30.1 Å². The van der Waals surface area contributed by atoms with Gasteiger partial charge in [-0.05, 0) is 38.3 Å². The monoisotopic (exact) mass is 244 g/mol. The summed E-state index contributed by atoms with van der Waals surface area (Å²) in [5.41, 5.74) is 1.40. The second kappa shape index (κ2) is 5.41. The second-order valence-electron chi connectivity index (χ2n) is 5.94. The average Bonchev–Trinajstić information content (AvgIpc) is 2.38. The lowest BCUT2D eigenvalue weighted by Gasteiger charge is -2.47. The number of benzene rings is 1. The molecule has 2 heteroatoms. The van der Waals surface area contributed by atoms with Gasteiger partial charge < -0.3 is 10.2 Å². The van der Waals surface area contributed by atoms with E-state index in [1.807, 2.05) is 0 Å². The first kappa shape index (κ1) is 12.2. The summed E-state index contributed by atoms with van der Waals surface area (Å²) in [4.78, 5) is 2.63. The molecule has 0 radical (unpaired) electrons. The Balaban J connectivity index is 1.55. The van der Waals surface area contributed by atoms with E-state index < -0.39 is 0 Å². The molecule has 2 nitrogen and oxygen atoms in total. The number of fused-ring (bicyclic) bond motifs is 2. The number of nitrogens with zero attached hydrogens (tertiary/aromatic N) is 1. The Morgan fingerprint density at radius 1 is 1.11 bits per heavy atom. The predicted octanol–water partition coefficient (Wildman–Crippen LogP) is 2.79. The molecule has 2 heterocycles. The third-order valence-corrected chi connectivity index (χ3v) is 4.78. The highest BCUT2D eigenvalue weighted by Gasteiger charge is 2.35. The van der Waals surface area contributed by atoms with Crippen LogP contribution in [0, 0.1) is 0 Å². The molecule has 0 aliphatic carbocycles. The van der Waals surface area contributed by atoms with Gasteiger partial charge in [0.15, 0.2) is 0 Å². The summed E-state index contributed by atoms with van der Waals surface area (Å²) in [6, 6.07) is 13.1. The van der Waals surface area contributed by atoms with Gasteiger partial charge in [-0.15, -0.1) is 0 Å². The summed E-state index contributed by atoms with van der Waals surface area (Å²) in [5.74, 6) is 0. The maximum atomic E-state index is 3.76. The Kier molecular flexibility index (Phi) is 3.67. The zero-order chi connectivity index (χ0) is 12.4. The van der Waals surface area contributed by atoms with Crippen LogP contribution in [-0.2, 0) is 6.54 Å². The Morgan fingerprint density at radius 3 is 2.44 bits per heavy atom. The van der Waals surface area contributed by atoms with Gasteiger partial charge in [0.25, 0.3) is 0 Å². The predicted molar refractivity (Wildman–Crippen MR) is 75.5 cm³/mol. The molecular formula is C16H24N2. The fourth-order valence-electron chi connectivity index (χ4n) is 3.64. The van der Waals surface area contributed by atoms with Crippen molar-refractivity contribution < 1.29 is 0 Å². The number of nitrogens with one attached hydrogen (secondary N) is 1. The minimum atomic E-state index is 0.719. The highest BCUT2D eigenvalue weighted by Crippen LogP contribution is 2.32. The van der Waals surface area contributed by atoms with Crippen molar-refractivity contribution in [2.24, 2.45) is 0 Å². The molecule has 98 valence electrons. The Bertz CT molecular complexity index is 362. The summed E-state index contributed by atoms with van der Waals surface area (Å²) in [6.45, 7) is 1.02. The third-order valence-electron chi connectivity index (χ3n) is 4.78. The summed E-state index contributed by atoms with van der Waals surface area (Å²) in [5, 5.41) is 3.76. The molecule has 2 fully saturated rings. The fourth-order valence-corrected chi connectivity index (χ4v) is 3.64. The molecule has 2 aliphatic heterocycles. The SMILES string of the molecule is CN1C2CCCC1CC(NCc1ccccc1)C2. The summed E-state index contributed by atoms with van der Waals surface area (Å²) in [6.07, 6.45) is 6.90. The van der Waals surface area contributed by atoms with E-state index in [1.54, 1.807) is 0 Å².